The molecular weight excluding hydrogens is 316 g/mol. The van der Waals surface area contributed by atoms with Crippen molar-refractivity contribution in [2.75, 3.05) is 6.54 Å². The highest BCUT2D eigenvalue weighted by atomic mass is 32.2. The Labute approximate surface area is 127 Å². The molecular formula is C14H17F2NO4S. The van der Waals surface area contributed by atoms with E-state index in [9.17, 15) is 22.0 Å². The lowest BCUT2D eigenvalue weighted by Gasteiger charge is -2.24. The summed E-state index contributed by atoms with van der Waals surface area (Å²) in [5.41, 5.74) is -0.330. The molecule has 0 aromatic heterocycles. The molecule has 0 bridgehead atoms. The molecule has 2 rings (SSSR count). The third-order valence-electron chi connectivity index (χ3n) is 3.75. The summed E-state index contributed by atoms with van der Waals surface area (Å²) in [4.78, 5) is 10.1. The molecule has 0 amide bonds. The van der Waals surface area contributed by atoms with Crippen LogP contribution in [0.25, 0.3) is 0 Å². The summed E-state index contributed by atoms with van der Waals surface area (Å²) in [6.45, 7) is 0.0445. The number of carboxylic acid groups (broad SMARTS) is 1. The highest BCUT2D eigenvalue weighted by molar-refractivity contribution is 7.89. The molecule has 1 fully saturated rings. The number of aromatic carboxylic acids is 1. The summed E-state index contributed by atoms with van der Waals surface area (Å²) in [6, 6.07) is 2.60. The van der Waals surface area contributed by atoms with Gasteiger partial charge in [0.15, 0.2) is 0 Å². The first-order chi connectivity index (χ1) is 10.3. The Morgan fingerprint density at radius 1 is 1.36 bits per heavy atom. The highest BCUT2D eigenvalue weighted by Gasteiger charge is 2.25. The van der Waals surface area contributed by atoms with Gasteiger partial charge in [0.1, 0.15) is 16.9 Å². The smallest absolute Gasteiger partial charge is 0.335 e. The van der Waals surface area contributed by atoms with Gasteiger partial charge in [0.2, 0.25) is 10.0 Å². The first-order valence-electron chi connectivity index (χ1n) is 6.96. The van der Waals surface area contributed by atoms with E-state index in [2.05, 4.69) is 4.72 Å². The quantitative estimate of drug-likeness (QED) is 0.866. The zero-order valence-corrected chi connectivity index (χ0v) is 12.6. The van der Waals surface area contributed by atoms with Crippen LogP contribution in [0.3, 0.4) is 0 Å². The fourth-order valence-electron chi connectivity index (χ4n) is 2.57. The van der Waals surface area contributed by atoms with Crippen molar-refractivity contribution in [1.29, 1.82) is 0 Å². The molecule has 1 aliphatic carbocycles. The van der Waals surface area contributed by atoms with Gasteiger partial charge in [0.05, 0.1) is 5.56 Å². The first kappa shape index (κ1) is 16.8. The predicted octanol–water partition coefficient (Wildman–Crippen LogP) is 2.33. The van der Waals surface area contributed by atoms with E-state index in [-0.39, 0.29) is 18.0 Å². The van der Waals surface area contributed by atoms with Gasteiger partial charge in [-0.05, 0) is 43.4 Å². The van der Waals surface area contributed by atoms with Crippen LogP contribution in [0.2, 0.25) is 0 Å². The van der Waals surface area contributed by atoms with Crippen LogP contribution in [0, 0.1) is 11.7 Å². The number of rotatable bonds is 5. The predicted molar refractivity (Wildman–Crippen MR) is 75.4 cm³/mol. The molecule has 2 atom stereocenters. The van der Waals surface area contributed by atoms with Crippen LogP contribution in [0.15, 0.2) is 23.1 Å². The summed E-state index contributed by atoms with van der Waals surface area (Å²) in [7, 11) is -4.09. The van der Waals surface area contributed by atoms with Gasteiger partial charge in [-0.1, -0.05) is 6.42 Å². The second-order valence-corrected chi connectivity index (χ2v) is 7.17. The number of hydrogen-bond acceptors (Lipinski definition) is 3. The molecule has 5 nitrogen and oxygen atoms in total. The normalized spacial score (nSPS) is 22.5. The maximum absolute atomic E-state index is 13.8. The molecule has 0 spiro atoms. The number of carboxylic acids is 1. The van der Waals surface area contributed by atoms with Crippen molar-refractivity contribution in [3.05, 3.63) is 29.6 Å². The van der Waals surface area contributed by atoms with Crippen molar-refractivity contribution < 1.29 is 27.1 Å². The van der Waals surface area contributed by atoms with Crippen molar-refractivity contribution in [3.63, 3.8) is 0 Å². The lowest BCUT2D eigenvalue weighted by molar-refractivity contribution is 0.0696. The number of sulfonamides is 1. The van der Waals surface area contributed by atoms with Crippen molar-refractivity contribution in [1.82, 2.24) is 4.72 Å². The molecule has 1 aromatic rings. The van der Waals surface area contributed by atoms with Gasteiger partial charge in [0.25, 0.3) is 0 Å². The fourth-order valence-corrected chi connectivity index (χ4v) is 3.74. The van der Waals surface area contributed by atoms with E-state index in [0.29, 0.717) is 25.3 Å². The SMILES string of the molecule is O=C(O)c1ccc(S(=O)(=O)NCC2CCCC(F)C2)c(F)c1. The van der Waals surface area contributed by atoms with Crippen LogP contribution < -0.4 is 4.72 Å². The van der Waals surface area contributed by atoms with Gasteiger partial charge < -0.3 is 5.11 Å². The average Bonchev–Trinajstić information content (AvgIpc) is 2.45. The number of benzene rings is 1. The maximum Gasteiger partial charge on any atom is 0.335 e. The number of alkyl halides is 1. The summed E-state index contributed by atoms with van der Waals surface area (Å²) in [5.74, 6) is -2.58. The summed E-state index contributed by atoms with van der Waals surface area (Å²) < 4.78 is 53.5. The highest BCUT2D eigenvalue weighted by Crippen LogP contribution is 2.26. The van der Waals surface area contributed by atoms with Gasteiger partial charge in [-0.2, -0.15) is 0 Å². The topological polar surface area (TPSA) is 83.5 Å². The van der Waals surface area contributed by atoms with Crippen LogP contribution in [0.1, 0.15) is 36.0 Å². The Hall–Kier alpha value is -1.54. The average molecular weight is 333 g/mol. The molecule has 0 aliphatic heterocycles. The van der Waals surface area contributed by atoms with Crippen molar-refractivity contribution >= 4 is 16.0 Å². The standard InChI is InChI=1S/C14H17F2NO4S/c15-11-3-1-2-9(6-11)8-17-22(20,21)13-5-4-10(14(18)19)7-12(13)16/h4-5,7,9,11,17H,1-3,6,8H2,(H,18,19). The molecule has 0 radical (unpaired) electrons. The van der Waals surface area contributed by atoms with E-state index in [1.165, 1.54) is 0 Å². The number of hydrogen-bond donors (Lipinski definition) is 2. The molecule has 0 saturated heterocycles. The molecule has 22 heavy (non-hydrogen) atoms. The molecule has 0 heterocycles. The third kappa shape index (κ3) is 4.01. The Balaban J connectivity index is 2.08. The number of nitrogens with one attached hydrogen (secondary N) is 1. The lowest BCUT2D eigenvalue weighted by Crippen LogP contribution is -2.32. The van der Waals surface area contributed by atoms with Crippen LogP contribution in [-0.2, 0) is 10.0 Å². The monoisotopic (exact) mass is 333 g/mol. The molecule has 2 unspecified atom stereocenters. The maximum atomic E-state index is 13.8. The fraction of sp³-hybridized carbons (Fsp3) is 0.500. The van der Waals surface area contributed by atoms with E-state index in [0.717, 1.165) is 18.6 Å². The van der Waals surface area contributed by atoms with Gasteiger partial charge in [0, 0.05) is 6.54 Å². The Bertz CT molecular complexity index is 663. The molecule has 1 aromatic carbocycles. The van der Waals surface area contributed by atoms with Crippen LogP contribution >= 0.6 is 0 Å². The van der Waals surface area contributed by atoms with E-state index in [4.69, 9.17) is 5.11 Å². The van der Waals surface area contributed by atoms with Crippen molar-refractivity contribution in [3.8, 4) is 0 Å². The van der Waals surface area contributed by atoms with E-state index in [1.807, 2.05) is 0 Å². The Morgan fingerprint density at radius 3 is 2.68 bits per heavy atom. The molecule has 8 heteroatoms. The molecule has 122 valence electrons. The largest absolute Gasteiger partial charge is 0.478 e. The van der Waals surface area contributed by atoms with E-state index in [1.54, 1.807) is 0 Å². The summed E-state index contributed by atoms with van der Waals surface area (Å²) in [5, 5.41) is 8.73. The minimum Gasteiger partial charge on any atom is -0.478 e. The van der Waals surface area contributed by atoms with E-state index < -0.39 is 32.9 Å². The molecule has 1 aliphatic rings. The van der Waals surface area contributed by atoms with Gasteiger partial charge in [-0.25, -0.2) is 26.7 Å². The summed E-state index contributed by atoms with van der Waals surface area (Å²) in [6.07, 6.45) is 1.30. The summed E-state index contributed by atoms with van der Waals surface area (Å²) >= 11 is 0. The van der Waals surface area contributed by atoms with Crippen LogP contribution in [0.4, 0.5) is 8.78 Å². The first-order valence-corrected chi connectivity index (χ1v) is 8.44. The Morgan fingerprint density at radius 2 is 2.09 bits per heavy atom. The second-order valence-electron chi connectivity index (χ2n) is 5.43. The second kappa shape index (κ2) is 6.70. The van der Waals surface area contributed by atoms with Crippen LogP contribution in [0.5, 0.6) is 0 Å². The van der Waals surface area contributed by atoms with E-state index >= 15 is 0 Å². The molecule has 1 saturated carbocycles. The minimum atomic E-state index is -4.09. The zero-order valence-electron chi connectivity index (χ0n) is 11.8. The minimum absolute atomic E-state index is 0.0445. The number of halogens is 2. The van der Waals surface area contributed by atoms with Gasteiger partial charge in [-0.3, -0.25) is 0 Å². The van der Waals surface area contributed by atoms with Crippen molar-refractivity contribution in [2.45, 2.75) is 36.8 Å². The van der Waals surface area contributed by atoms with Crippen molar-refractivity contribution in [2.24, 2.45) is 5.92 Å². The van der Waals surface area contributed by atoms with Gasteiger partial charge in [-0.15, -0.1) is 0 Å². The lowest BCUT2D eigenvalue weighted by atomic mass is 9.88. The molecule has 2 N–H and O–H groups in total. The Kier molecular flexibility index (Phi) is 5.12. The van der Waals surface area contributed by atoms with Gasteiger partial charge >= 0.3 is 5.97 Å². The van der Waals surface area contributed by atoms with Crippen LogP contribution in [-0.4, -0.2) is 32.2 Å². The zero-order chi connectivity index (χ0) is 16.3. The third-order valence-corrected chi connectivity index (χ3v) is 5.21. The number of carbonyl (C=O) groups is 1.